The van der Waals surface area contributed by atoms with Crippen molar-refractivity contribution >= 4 is 0 Å². The first-order valence-electron chi connectivity index (χ1n) is 7.83. The van der Waals surface area contributed by atoms with E-state index in [1.165, 1.54) is 12.8 Å². The molecule has 5 heteroatoms. The SMILES string of the molecule is COc1ccccc1-n1nc(C2CC2)nc1Cc1cccnc1. The third-order valence-electron chi connectivity index (χ3n) is 4.03. The predicted molar refractivity (Wildman–Crippen MR) is 86.9 cm³/mol. The Hall–Kier alpha value is -2.69. The molecule has 0 spiro atoms. The minimum Gasteiger partial charge on any atom is -0.494 e. The van der Waals surface area contributed by atoms with Crippen LogP contribution in [-0.2, 0) is 6.42 Å². The van der Waals surface area contributed by atoms with Crippen molar-refractivity contribution in [3.63, 3.8) is 0 Å². The average molecular weight is 306 g/mol. The molecule has 0 amide bonds. The minimum absolute atomic E-state index is 0.513. The maximum absolute atomic E-state index is 5.49. The normalized spacial score (nSPS) is 14.0. The zero-order valence-corrected chi connectivity index (χ0v) is 13.0. The highest BCUT2D eigenvalue weighted by molar-refractivity contribution is 5.46. The Morgan fingerprint density at radius 3 is 2.78 bits per heavy atom. The molecule has 1 fully saturated rings. The number of benzene rings is 1. The Morgan fingerprint density at radius 1 is 1.17 bits per heavy atom. The van der Waals surface area contributed by atoms with Crippen molar-refractivity contribution in [2.24, 2.45) is 0 Å². The fourth-order valence-electron chi connectivity index (χ4n) is 2.67. The average Bonchev–Trinajstić information content (AvgIpc) is 3.37. The Morgan fingerprint density at radius 2 is 2.04 bits per heavy atom. The lowest BCUT2D eigenvalue weighted by Crippen LogP contribution is -2.06. The van der Waals surface area contributed by atoms with Crippen LogP contribution in [-0.4, -0.2) is 26.9 Å². The highest BCUT2D eigenvalue weighted by Crippen LogP contribution is 2.38. The van der Waals surface area contributed by atoms with Crippen molar-refractivity contribution in [1.29, 1.82) is 0 Å². The topological polar surface area (TPSA) is 52.8 Å². The van der Waals surface area contributed by atoms with E-state index in [1.54, 1.807) is 13.3 Å². The third kappa shape index (κ3) is 2.82. The van der Waals surface area contributed by atoms with Gasteiger partial charge in [0.2, 0.25) is 0 Å². The standard InChI is InChI=1S/C18H18N4O/c1-23-16-7-3-2-6-15(16)22-17(11-13-5-4-10-19-12-13)20-18(21-22)14-8-9-14/h2-7,10,12,14H,8-9,11H2,1H3. The molecule has 0 aliphatic heterocycles. The van der Waals surface area contributed by atoms with Crippen LogP contribution in [0.1, 0.15) is 36.0 Å². The number of nitrogens with zero attached hydrogens (tertiary/aromatic N) is 4. The summed E-state index contributed by atoms with van der Waals surface area (Å²) in [6, 6.07) is 11.9. The van der Waals surface area contributed by atoms with Crippen LogP contribution in [0.15, 0.2) is 48.8 Å². The zero-order chi connectivity index (χ0) is 15.6. The monoisotopic (exact) mass is 306 g/mol. The number of aromatic nitrogens is 4. The predicted octanol–water partition coefficient (Wildman–Crippen LogP) is 3.14. The van der Waals surface area contributed by atoms with E-state index in [0.717, 1.165) is 28.6 Å². The lowest BCUT2D eigenvalue weighted by Gasteiger charge is -2.10. The molecule has 0 bridgehead atoms. The Kier molecular flexibility index (Phi) is 3.54. The van der Waals surface area contributed by atoms with Crippen LogP contribution >= 0.6 is 0 Å². The van der Waals surface area contributed by atoms with Crippen LogP contribution in [0.25, 0.3) is 5.69 Å². The van der Waals surface area contributed by atoms with E-state index in [2.05, 4.69) is 11.1 Å². The number of rotatable bonds is 5. The third-order valence-corrected chi connectivity index (χ3v) is 4.03. The molecule has 1 aliphatic carbocycles. The molecule has 23 heavy (non-hydrogen) atoms. The highest BCUT2D eigenvalue weighted by Gasteiger charge is 2.29. The van der Waals surface area contributed by atoms with Gasteiger partial charge in [-0.25, -0.2) is 9.67 Å². The van der Waals surface area contributed by atoms with Gasteiger partial charge in [-0.1, -0.05) is 18.2 Å². The largest absolute Gasteiger partial charge is 0.494 e. The van der Waals surface area contributed by atoms with Gasteiger partial charge in [0.05, 0.1) is 7.11 Å². The molecule has 116 valence electrons. The quantitative estimate of drug-likeness (QED) is 0.726. The zero-order valence-electron chi connectivity index (χ0n) is 13.0. The number of methoxy groups -OCH3 is 1. The molecule has 2 heterocycles. The number of hydrogen-bond donors (Lipinski definition) is 0. The summed E-state index contributed by atoms with van der Waals surface area (Å²) in [7, 11) is 1.68. The molecule has 1 aromatic carbocycles. The van der Waals surface area contributed by atoms with Crippen molar-refractivity contribution in [1.82, 2.24) is 19.7 Å². The minimum atomic E-state index is 0.513. The summed E-state index contributed by atoms with van der Waals surface area (Å²) in [6.07, 6.45) is 6.72. The molecule has 1 saturated carbocycles. The van der Waals surface area contributed by atoms with Crippen LogP contribution < -0.4 is 4.74 Å². The van der Waals surface area contributed by atoms with Crippen LogP contribution in [0.4, 0.5) is 0 Å². The second kappa shape index (κ2) is 5.83. The van der Waals surface area contributed by atoms with Gasteiger partial charge in [-0.2, -0.15) is 5.10 Å². The van der Waals surface area contributed by atoms with E-state index in [0.29, 0.717) is 12.3 Å². The van der Waals surface area contributed by atoms with Gasteiger partial charge in [0.15, 0.2) is 5.82 Å². The smallest absolute Gasteiger partial charge is 0.154 e. The van der Waals surface area contributed by atoms with E-state index in [-0.39, 0.29) is 0 Å². The molecule has 2 aromatic heterocycles. The van der Waals surface area contributed by atoms with E-state index >= 15 is 0 Å². The molecule has 1 aliphatic rings. The maximum atomic E-state index is 5.49. The van der Waals surface area contributed by atoms with Crippen LogP contribution in [0.2, 0.25) is 0 Å². The molecule has 0 atom stereocenters. The molecule has 0 radical (unpaired) electrons. The number of ether oxygens (including phenoxy) is 1. The Bertz CT molecular complexity index is 809. The van der Waals surface area contributed by atoms with Gasteiger partial charge in [-0.15, -0.1) is 0 Å². The molecule has 4 rings (SSSR count). The molecule has 5 nitrogen and oxygen atoms in total. The number of pyridine rings is 1. The van der Waals surface area contributed by atoms with Gasteiger partial charge in [-0.3, -0.25) is 4.98 Å². The molecular formula is C18H18N4O. The van der Waals surface area contributed by atoms with Gasteiger partial charge in [-0.05, 0) is 36.6 Å². The second-order valence-corrected chi connectivity index (χ2v) is 5.78. The van der Waals surface area contributed by atoms with E-state index < -0.39 is 0 Å². The lowest BCUT2D eigenvalue weighted by molar-refractivity contribution is 0.411. The number of hydrogen-bond acceptors (Lipinski definition) is 4. The fraction of sp³-hybridized carbons (Fsp3) is 0.278. The first-order valence-corrected chi connectivity index (χ1v) is 7.83. The van der Waals surface area contributed by atoms with Crippen molar-refractivity contribution in [2.45, 2.75) is 25.2 Å². The molecule has 0 unspecified atom stereocenters. The van der Waals surface area contributed by atoms with Crippen molar-refractivity contribution in [3.05, 3.63) is 66.0 Å². The van der Waals surface area contributed by atoms with Gasteiger partial charge in [0.1, 0.15) is 17.3 Å². The Balaban J connectivity index is 1.78. The van der Waals surface area contributed by atoms with Gasteiger partial charge < -0.3 is 4.74 Å². The summed E-state index contributed by atoms with van der Waals surface area (Å²) in [4.78, 5) is 8.98. The summed E-state index contributed by atoms with van der Waals surface area (Å²) in [6.45, 7) is 0. The van der Waals surface area contributed by atoms with Gasteiger partial charge in [0.25, 0.3) is 0 Å². The lowest BCUT2D eigenvalue weighted by atomic mass is 10.2. The summed E-state index contributed by atoms with van der Waals surface area (Å²) in [5, 5.41) is 4.75. The number of para-hydroxylation sites is 2. The second-order valence-electron chi connectivity index (χ2n) is 5.78. The van der Waals surface area contributed by atoms with Crippen LogP contribution in [0, 0.1) is 0 Å². The van der Waals surface area contributed by atoms with Crippen LogP contribution in [0.5, 0.6) is 5.75 Å². The molecule has 0 saturated heterocycles. The fourth-order valence-corrected chi connectivity index (χ4v) is 2.67. The molecule has 0 N–H and O–H groups in total. The summed E-state index contributed by atoms with van der Waals surface area (Å²) < 4.78 is 7.41. The summed E-state index contributed by atoms with van der Waals surface area (Å²) >= 11 is 0. The first kappa shape index (κ1) is 13.9. The first-order chi connectivity index (χ1) is 11.3. The van der Waals surface area contributed by atoms with E-state index in [1.807, 2.05) is 41.2 Å². The van der Waals surface area contributed by atoms with Gasteiger partial charge in [0, 0.05) is 24.7 Å². The van der Waals surface area contributed by atoms with E-state index in [4.69, 9.17) is 14.8 Å². The molecule has 3 aromatic rings. The summed E-state index contributed by atoms with van der Waals surface area (Å²) in [5.74, 6) is 3.17. The van der Waals surface area contributed by atoms with Crippen molar-refractivity contribution in [2.75, 3.05) is 7.11 Å². The van der Waals surface area contributed by atoms with E-state index in [9.17, 15) is 0 Å². The van der Waals surface area contributed by atoms with Crippen molar-refractivity contribution in [3.8, 4) is 11.4 Å². The Labute approximate surface area is 135 Å². The summed E-state index contributed by atoms with van der Waals surface area (Å²) in [5.41, 5.74) is 2.05. The molecular weight excluding hydrogens is 288 g/mol. The highest BCUT2D eigenvalue weighted by atomic mass is 16.5. The maximum Gasteiger partial charge on any atom is 0.154 e. The van der Waals surface area contributed by atoms with Crippen molar-refractivity contribution < 1.29 is 4.74 Å². The van der Waals surface area contributed by atoms with Gasteiger partial charge >= 0.3 is 0 Å². The van der Waals surface area contributed by atoms with Crippen LogP contribution in [0.3, 0.4) is 0 Å².